The number of aromatic nitrogens is 8. The molecular formula is C28H22N8O6S2. The highest BCUT2D eigenvalue weighted by atomic mass is 32.1. The Morgan fingerprint density at radius 1 is 0.614 bits per heavy atom. The van der Waals surface area contributed by atoms with Gasteiger partial charge in [-0.15, -0.1) is 20.4 Å². The lowest BCUT2D eigenvalue weighted by Gasteiger charge is -2.02. The molecule has 6 aromatic rings. The molecule has 0 unspecified atom stereocenters. The van der Waals surface area contributed by atoms with Crippen molar-refractivity contribution in [1.82, 2.24) is 39.6 Å². The summed E-state index contributed by atoms with van der Waals surface area (Å²) >= 11 is 2.71. The van der Waals surface area contributed by atoms with Crippen LogP contribution in [0.25, 0.3) is 9.92 Å². The van der Waals surface area contributed by atoms with Crippen molar-refractivity contribution in [3.63, 3.8) is 0 Å². The molecule has 222 valence electrons. The molecule has 0 bridgehead atoms. The fourth-order valence-corrected chi connectivity index (χ4v) is 6.78. The van der Waals surface area contributed by atoms with E-state index in [1.807, 2.05) is 36.4 Å². The first kappa shape index (κ1) is 26.7. The maximum absolute atomic E-state index is 13.1. The molecule has 0 radical (unpaired) electrons. The predicted molar refractivity (Wildman–Crippen MR) is 157 cm³/mol. The Balaban J connectivity index is 0.902. The summed E-state index contributed by atoms with van der Waals surface area (Å²) in [6, 6.07) is 11.1. The van der Waals surface area contributed by atoms with E-state index in [2.05, 4.69) is 30.6 Å². The van der Waals surface area contributed by atoms with Crippen LogP contribution in [-0.2, 0) is 25.7 Å². The second-order valence-electron chi connectivity index (χ2n) is 10.2. The van der Waals surface area contributed by atoms with Gasteiger partial charge in [0.05, 0.1) is 0 Å². The molecule has 0 spiro atoms. The van der Waals surface area contributed by atoms with Gasteiger partial charge in [-0.1, -0.05) is 34.8 Å². The average Bonchev–Trinajstić information content (AvgIpc) is 3.84. The molecule has 0 N–H and O–H groups in total. The minimum atomic E-state index is -0.283. The van der Waals surface area contributed by atoms with Crippen LogP contribution in [-0.4, -0.2) is 53.2 Å². The smallest absolute Gasteiger partial charge is 0.297 e. The molecule has 2 aromatic carbocycles. The molecule has 16 heteroatoms. The molecule has 2 aliphatic heterocycles. The number of unbranched alkanes of at least 4 members (excludes halogenated alkanes) is 1. The molecule has 2 aliphatic rings. The van der Waals surface area contributed by atoms with Crippen LogP contribution in [0.15, 0.2) is 46.0 Å². The summed E-state index contributed by atoms with van der Waals surface area (Å²) in [5.41, 5.74) is 1.81. The van der Waals surface area contributed by atoms with Crippen LogP contribution in [0.5, 0.6) is 23.0 Å². The van der Waals surface area contributed by atoms with E-state index in [1.165, 1.54) is 31.7 Å². The van der Waals surface area contributed by atoms with Gasteiger partial charge in [0.15, 0.2) is 23.0 Å². The lowest BCUT2D eigenvalue weighted by Crippen LogP contribution is -2.22. The van der Waals surface area contributed by atoms with Crippen molar-refractivity contribution in [2.75, 3.05) is 13.6 Å². The zero-order valence-corrected chi connectivity index (χ0v) is 24.6. The molecule has 14 nitrogen and oxygen atoms in total. The van der Waals surface area contributed by atoms with Crippen molar-refractivity contribution in [2.24, 2.45) is 0 Å². The van der Waals surface area contributed by atoms with E-state index in [9.17, 15) is 9.59 Å². The van der Waals surface area contributed by atoms with E-state index in [4.69, 9.17) is 18.9 Å². The van der Waals surface area contributed by atoms with Crippen molar-refractivity contribution in [3.05, 3.63) is 89.6 Å². The topological polar surface area (TPSA) is 157 Å². The SMILES string of the molecule is O=c1c(Cc2ccc3c(c2)OCO3)nnc2sc(CCCCc3nn4c(=O)c(Cc5ccc6c(c5)OCO6)nnc4s3)nn12. The van der Waals surface area contributed by atoms with Gasteiger partial charge < -0.3 is 18.9 Å². The second-order valence-corrected chi connectivity index (χ2v) is 12.3. The number of hydrogen-bond donors (Lipinski definition) is 0. The van der Waals surface area contributed by atoms with Gasteiger partial charge in [0.25, 0.3) is 11.1 Å². The number of aryl methyl sites for hydroxylation is 2. The summed E-state index contributed by atoms with van der Waals surface area (Å²) in [5.74, 6) is 2.68. The van der Waals surface area contributed by atoms with E-state index in [1.54, 1.807) is 0 Å². The molecule has 4 aromatic heterocycles. The lowest BCUT2D eigenvalue weighted by atomic mass is 10.1. The largest absolute Gasteiger partial charge is 0.454 e. The highest BCUT2D eigenvalue weighted by Crippen LogP contribution is 2.34. The first-order chi connectivity index (χ1) is 21.6. The van der Waals surface area contributed by atoms with Gasteiger partial charge in [-0.05, 0) is 48.2 Å². The van der Waals surface area contributed by atoms with Gasteiger partial charge in [0.2, 0.25) is 23.5 Å². The Morgan fingerprint density at radius 2 is 1.07 bits per heavy atom. The van der Waals surface area contributed by atoms with Crippen molar-refractivity contribution >= 4 is 32.6 Å². The number of fused-ring (bicyclic) bond motifs is 4. The molecular weight excluding hydrogens is 608 g/mol. The van der Waals surface area contributed by atoms with E-state index in [0.29, 0.717) is 70.0 Å². The Morgan fingerprint density at radius 3 is 1.55 bits per heavy atom. The lowest BCUT2D eigenvalue weighted by molar-refractivity contribution is 0.173. The third kappa shape index (κ3) is 5.01. The number of rotatable bonds is 9. The molecule has 0 fully saturated rings. The summed E-state index contributed by atoms with van der Waals surface area (Å²) in [5, 5.41) is 27.4. The Bertz CT molecular complexity index is 2020. The van der Waals surface area contributed by atoms with Crippen LogP contribution < -0.4 is 30.1 Å². The van der Waals surface area contributed by atoms with E-state index in [-0.39, 0.29) is 24.7 Å². The Hall–Kier alpha value is -4.96. The van der Waals surface area contributed by atoms with Gasteiger partial charge in [0.1, 0.15) is 21.4 Å². The maximum atomic E-state index is 13.1. The highest BCUT2D eigenvalue weighted by Gasteiger charge is 2.18. The van der Waals surface area contributed by atoms with Gasteiger partial charge in [-0.3, -0.25) is 9.59 Å². The van der Waals surface area contributed by atoms with Crippen LogP contribution >= 0.6 is 22.7 Å². The van der Waals surface area contributed by atoms with Gasteiger partial charge in [-0.25, -0.2) is 0 Å². The average molecular weight is 631 g/mol. The molecule has 0 amide bonds. The summed E-state index contributed by atoms with van der Waals surface area (Å²) < 4.78 is 24.2. The monoisotopic (exact) mass is 630 g/mol. The Kier molecular flexibility index (Phi) is 6.63. The molecule has 0 saturated heterocycles. The molecule has 6 heterocycles. The zero-order chi connectivity index (χ0) is 29.6. The van der Waals surface area contributed by atoms with Crippen LogP contribution in [0.3, 0.4) is 0 Å². The molecule has 44 heavy (non-hydrogen) atoms. The van der Waals surface area contributed by atoms with Crippen molar-refractivity contribution in [3.8, 4) is 23.0 Å². The second kappa shape index (κ2) is 10.9. The number of ether oxygens (including phenoxy) is 4. The maximum Gasteiger partial charge on any atom is 0.297 e. The molecule has 0 aliphatic carbocycles. The Labute approximate surface area is 255 Å². The minimum Gasteiger partial charge on any atom is -0.454 e. The van der Waals surface area contributed by atoms with E-state index < -0.39 is 0 Å². The van der Waals surface area contributed by atoms with Gasteiger partial charge in [-0.2, -0.15) is 19.2 Å². The van der Waals surface area contributed by atoms with Crippen LogP contribution in [0, 0.1) is 0 Å². The highest BCUT2D eigenvalue weighted by molar-refractivity contribution is 7.16. The predicted octanol–water partition coefficient (Wildman–Crippen LogP) is 2.61. The summed E-state index contributed by atoms with van der Waals surface area (Å²) in [6.07, 6.45) is 3.61. The molecule has 0 atom stereocenters. The minimum absolute atomic E-state index is 0.190. The first-order valence-corrected chi connectivity index (χ1v) is 15.5. The van der Waals surface area contributed by atoms with Gasteiger partial charge >= 0.3 is 0 Å². The normalized spacial score (nSPS) is 13.4. The van der Waals surface area contributed by atoms with E-state index >= 15 is 0 Å². The quantitative estimate of drug-likeness (QED) is 0.216. The third-order valence-corrected chi connectivity index (χ3v) is 9.16. The number of hydrogen-bond acceptors (Lipinski definition) is 14. The van der Waals surface area contributed by atoms with Crippen molar-refractivity contribution < 1.29 is 18.9 Å². The van der Waals surface area contributed by atoms with Crippen LogP contribution in [0.2, 0.25) is 0 Å². The van der Waals surface area contributed by atoms with Crippen LogP contribution in [0.4, 0.5) is 0 Å². The van der Waals surface area contributed by atoms with Crippen molar-refractivity contribution in [1.29, 1.82) is 0 Å². The standard InChI is InChI=1S/C28H22N8O6S2/c37-25-17(9-15-5-7-19-21(11-15)41-13-39-19)29-31-27-35(25)33-23(43-27)3-1-2-4-24-34-36-26(38)18(30-32-28(36)44-24)10-16-6-8-20-22(12-16)42-14-40-20/h5-8,11-12H,1-4,9-10,13-14H2. The number of nitrogens with zero attached hydrogens (tertiary/aromatic N) is 8. The summed E-state index contributed by atoms with van der Waals surface area (Å²) in [4.78, 5) is 27.1. The van der Waals surface area contributed by atoms with Crippen LogP contribution in [0.1, 0.15) is 45.4 Å². The zero-order valence-electron chi connectivity index (χ0n) is 23.0. The van der Waals surface area contributed by atoms with E-state index in [0.717, 1.165) is 34.0 Å². The fraction of sp³-hybridized carbons (Fsp3) is 0.286. The molecule has 0 saturated carbocycles. The fourth-order valence-electron chi connectivity index (χ4n) is 5.04. The summed E-state index contributed by atoms with van der Waals surface area (Å²) in [7, 11) is 0. The number of benzene rings is 2. The third-order valence-electron chi connectivity index (χ3n) is 7.24. The van der Waals surface area contributed by atoms with Gasteiger partial charge in [0, 0.05) is 25.7 Å². The first-order valence-electron chi connectivity index (χ1n) is 13.8. The molecule has 8 rings (SSSR count). The summed E-state index contributed by atoms with van der Waals surface area (Å²) in [6.45, 7) is 0.379. The van der Waals surface area contributed by atoms with Crippen molar-refractivity contribution in [2.45, 2.75) is 38.5 Å².